The van der Waals surface area contributed by atoms with Crippen LogP contribution in [0.4, 0.5) is 18.9 Å². The molecule has 0 saturated carbocycles. The van der Waals surface area contributed by atoms with Gasteiger partial charge in [-0.1, -0.05) is 35.3 Å². The Balaban J connectivity index is 1.55. The molecule has 6 nitrogen and oxygen atoms in total. The molecule has 1 N–H and O–H groups in total. The summed E-state index contributed by atoms with van der Waals surface area (Å²) in [5.74, 6) is -0.0808. The molecule has 2 heterocycles. The van der Waals surface area contributed by atoms with Crippen LogP contribution >= 0.6 is 34.5 Å². The van der Waals surface area contributed by atoms with Crippen molar-refractivity contribution in [3.8, 4) is 21.9 Å². The van der Waals surface area contributed by atoms with Crippen LogP contribution in [-0.2, 0) is 10.0 Å². The largest absolute Gasteiger partial charge is 0.573 e. The third kappa shape index (κ3) is 6.53. The van der Waals surface area contributed by atoms with Crippen molar-refractivity contribution in [2.45, 2.75) is 23.1 Å². The number of likely N-dealkylation sites (tertiary alicyclic amines) is 1. The van der Waals surface area contributed by atoms with Crippen molar-refractivity contribution in [2.75, 3.05) is 24.9 Å². The average Bonchev–Trinajstić information content (AvgIpc) is 3.35. The van der Waals surface area contributed by atoms with E-state index in [-0.39, 0.29) is 31.5 Å². The van der Waals surface area contributed by atoms with Gasteiger partial charge >= 0.3 is 6.36 Å². The van der Waals surface area contributed by atoms with Crippen LogP contribution in [0, 0.1) is 0 Å². The molecule has 0 amide bonds. The number of hydrogen-bond acceptors (Lipinski definition) is 6. The fourth-order valence-electron chi connectivity index (χ4n) is 3.54. The van der Waals surface area contributed by atoms with Gasteiger partial charge in [-0.05, 0) is 49.4 Å². The molecule has 0 aliphatic carbocycles. The SMILES string of the molecule is CN1CCC(Oc2cc(NS(=O)(=O)c3cc(Cl)c(-c4cccc(OC(F)(F)F)c4)s3)ccc2Cl)C1. The summed E-state index contributed by atoms with van der Waals surface area (Å²) >= 11 is 13.3. The van der Waals surface area contributed by atoms with Gasteiger partial charge in [-0.25, -0.2) is 8.42 Å². The zero-order valence-electron chi connectivity index (χ0n) is 18.1. The highest BCUT2D eigenvalue weighted by atomic mass is 35.5. The normalized spacial score (nSPS) is 16.9. The van der Waals surface area contributed by atoms with Crippen LogP contribution in [0.15, 0.2) is 52.7 Å². The third-order valence-corrected chi connectivity index (χ3v) is 8.85. The Labute approximate surface area is 214 Å². The Morgan fingerprint density at radius 1 is 1.11 bits per heavy atom. The summed E-state index contributed by atoms with van der Waals surface area (Å²) < 4.78 is 75.9. The fourth-order valence-corrected chi connectivity index (χ4v) is 6.57. The summed E-state index contributed by atoms with van der Waals surface area (Å²) in [5.41, 5.74) is 0.523. The monoisotopic (exact) mass is 566 g/mol. The van der Waals surface area contributed by atoms with Gasteiger partial charge in [-0.3, -0.25) is 4.72 Å². The third-order valence-electron chi connectivity index (χ3n) is 5.08. The number of nitrogens with zero attached hydrogens (tertiary/aromatic N) is 1. The van der Waals surface area contributed by atoms with Crippen LogP contribution in [0.2, 0.25) is 10.0 Å². The van der Waals surface area contributed by atoms with Crippen molar-refractivity contribution in [2.24, 2.45) is 0 Å². The molecule has 1 aromatic heterocycles. The van der Waals surface area contributed by atoms with E-state index in [9.17, 15) is 21.6 Å². The Kier molecular flexibility index (Phi) is 7.44. The van der Waals surface area contributed by atoms with Crippen molar-refractivity contribution in [1.82, 2.24) is 4.90 Å². The number of likely N-dealkylation sites (N-methyl/N-ethyl adjacent to an activating group) is 1. The van der Waals surface area contributed by atoms with Crippen molar-refractivity contribution in [3.05, 3.63) is 58.6 Å². The maximum absolute atomic E-state index is 13.0. The Bertz CT molecular complexity index is 1330. The molecule has 35 heavy (non-hydrogen) atoms. The highest BCUT2D eigenvalue weighted by molar-refractivity contribution is 7.94. The second-order valence-corrected chi connectivity index (χ2v) is 11.6. The molecule has 3 aromatic rings. The Hall–Kier alpha value is -2.18. The molecule has 1 saturated heterocycles. The first kappa shape index (κ1) is 25.9. The van der Waals surface area contributed by atoms with Crippen LogP contribution in [0.3, 0.4) is 0 Å². The summed E-state index contributed by atoms with van der Waals surface area (Å²) in [6.45, 7) is 1.62. The molecule has 0 bridgehead atoms. The molecule has 4 rings (SSSR count). The van der Waals surface area contributed by atoms with Crippen LogP contribution in [-0.4, -0.2) is 45.9 Å². The van der Waals surface area contributed by atoms with E-state index < -0.39 is 22.1 Å². The van der Waals surface area contributed by atoms with Gasteiger partial charge in [0.25, 0.3) is 10.0 Å². The lowest BCUT2D eigenvalue weighted by Crippen LogP contribution is -2.21. The standard InChI is InChI=1S/C22H19Cl2F3N2O4S2/c1-29-8-7-16(12-29)32-19-10-14(5-6-17(19)23)28-35(30,31)20-11-18(24)21(34-20)13-3-2-4-15(9-13)33-22(25,26)27/h2-6,9-11,16,28H,7-8,12H2,1H3. The number of benzene rings is 2. The number of alkyl halides is 3. The predicted octanol–water partition coefficient (Wildman–Crippen LogP) is 6.50. The molecule has 1 atom stereocenters. The molecule has 1 unspecified atom stereocenters. The lowest BCUT2D eigenvalue weighted by Gasteiger charge is -2.16. The highest BCUT2D eigenvalue weighted by Crippen LogP contribution is 2.40. The topological polar surface area (TPSA) is 67.9 Å². The average molecular weight is 567 g/mol. The molecule has 1 aliphatic heterocycles. The van der Waals surface area contributed by atoms with E-state index in [2.05, 4.69) is 14.4 Å². The smallest absolute Gasteiger partial charge is 0.487 e. The van der Waals surface area contributed by atoms with E-state index in [4.69, 9.17) is 27.9 Å². The number of sulfonamides is 1. The van der Waals surface area contributed by atoms with E-state index in [1.807, 2.05) is 7.05 Å². The minimum Gasteiger partial charge on any atom is -0.487 e. The van der Waals surface area contributed by atoms with Crippen molar-refractivity contribution in [1.29, 1.82) is 0 Å². The number of anilines is 1. The number of hydrogen-bond donors (Lipinski definition) is 1. The Morgan fingerprint density at radius 3 is 2.57 bits per heavy atom. The molecule has 2 aromatic carbocycles. The van der Waals surface area contributed by atoms with E-state index in [1.165, 1.54) is 36.4 Å². The minimum atomic E-state index is -4.86. The quantitative estimate of drug-likeness (QED) is 0.353. The highest BCUT2D eigenvalue weighted by Gasteiger charge is 2.31. The van der Waals surface area contributed by atoms with Gasteiger partial charge in [0.2, 0.25) is 0 Å². The first-order valence-electron chi connectivity index (χ1n) is 10.2. The van der Waals surface area contributed by atoms with Gasteiger partial charge in [0.05, 0.1) is 20.6 Å². The summed E-state index contributed by atoms with van der Waals surface area (Å²) in [6.07, 6.45) is -4.08. The molecule has 188 valence electrons. The van der Waals surface area contributed by atoms with Crippen LogP contribution in [0.25, 0.3) is 10.4 Å². The van der Waals surface area contributed by atoms with E-state index in [0.29, 0.717) is 10.8 Å². The second-order valence-electron chi connectivity index (χ2n) is 7.86. The summed E-state index contributed by atoms with van der Waals surface area (Å²) in [6, 6.07) is 10.9. The lowest BCUT2D eigenvalue weighted by molar-refractivity contribution is -0.274. The summed E-state index contributed by atoms with van der Waals surface area (Å²) in [4.78, 5) is 2.40. The molecule has 1 fully saturated rings. The molecule has 0 radical (unpaired) electrons. The number of ether oxygens (including phenoxy) is 2. The summed E-state index contributed by atoms with van der Waals surface area (Å²) in [5, 5.41) is 0.426. The van der Waals surface area contributed by atoms with Crippen LogP contribution in [0.1, 0.15) is 6.42 Å². The first-order chi connectivity index (χ1) is 16.4. The molecular weight excluding hydrogens is 548 g/mol. The van der Waals surface area contributed by atoms with Crippen LogP contribution in [0.5, 0.6) is 11.5 Å². The number of nitrogens with one attached hydrogen (secondary N) is 1. The molecule has 0 spiro atoms. The number of halogens is 5. The van der Waals surface area contributed by atoms with Gasteiger partial charge < -0.3 is 14.4 Å². The first-order valence-corrected chi connectivity index (χ1v) is 13.3. The van der Waals surface area contributed by atoms with Gasteiger partial charge in [-0.2, -0.15) is 0 Å². The lowest BCUT2D eigenvalue weighted by atomic mass is 10.2. The zero-order chi connectivity index (χ0) is 25.4. The van der Waals surface area contributed by atoms with E-state index in [0.717, 1.165) is 43.0 Å². The van der Waals surface area contributed by atoms with Crippen molar-refractivity contribution in [3.63, 3.8) is 0 Å². The van der Waals surface area contributed by atoms with Gasteiger partial charge in [0.1, 0.15) is 21.8 Å². The second kappa shape index (κ2) is 10.1. The van der Waals surface area contributed by atoms with E-state index >= 15 is 0 Å². The Morgan fingerprint density at radius 2 is 1.89 bits per heavy atom. The maximum Gasteiger partial charge on any atom is 0.573 e. The van der Waals surface area contributed by atoms with Gasteiger partial charge in [0, 0.05) is 19.2 Å². The van der Waals surface area contributed by atoms with Gasteiger partial charge in [0.15, 0.2) is 0 Å². The summed E-state index contributed by atoms with van der Waals surface area (Å²) in [7, 11) is -2.08. The molecule has 13 heteroatoms. The number of rotatable bonds is 7. The fraction of sp³-hybridized carbons (Fsp3) is 0.273. The molecule has 1 aliphatic rings. The van der Waals surface area contributed by atoms with Crippen molar-refractivity contribution < 1.29 is 31.1 Å². The van der Waals surface area contributed by atoms with Crippen LogP contribution < -0.4 is 14.2 Å². The van der Waals surface area contributed by atoms with Gasteiger partial charge in [-0.15, -0.1) is 24.5 Å². The molecular formula is C22H19Cl2F3N2O4S2. The zero-order valence-corrected chi connectivity index (χ0v) is 21.2. The predicted molar refractivity (Wildman–Crippen MR) is 130 cm³/mol. The van der Waals surface area contributed by atoms with Crippen molar-refractivity contribution >= 4 is 50.2 Å². The maximum atomic E-state index is 13.0. The van der Waals surface area contributed by atoms with E-state index in [1.54, 1.807) is 0 Å². The minimum absolute atomic E-state index is 0.0555. The number of thiophene rings is 1.